The van der Waals surface area contributed by atoms with E-state index in [1.807, 2.05) is 0 Å². The third kappa shape index (κ3) is 0.712. The maximum atomic E-state index is 11.8. The number of aliphatic imine (C=N–C) groups is 1. The molecule has 3 heteroatoms. The van der Waals surface area contributed by atoms with Crippen molar-refractivity contribution in [1.29, 1.82) is 0 Å². The summed E-state index contributed by atoms with van der Waals surface area (Å²) in [4.78, 5) is 3.68. The molecule has 1 nitrogen and oxygen atoms in total. The van der Waals surface area contributed by atoms with Crippen LogP contribution in [0.2, 0.25) is 0 Å². The van der Waals surface area contributed by atoms with Crippen LogP contribution in [0, 0.1) is 0 Å². The van der Waals surface area contributed by atoms with Crippen molar-refractivity contribution in [2.24, 2.45) is 4.99 Å². The number of hydrogen-bond acceptors (Lipinski definition) is 1. The topological polar surface area (TPSA) is 12.4 Å². The van der Waals surface area contributed by atoms with Gasteiger partial charge >= 0.3 is 0 Å². The van der Waals surface area contributed by atoms with E-state index in [0.717, 1.165) is 0 Å². The maximum Gasteiger partial charge on any atom is 0.257 e. The molecule has 1 unspecified atom stereocenters. The van der Waals surface area contributed by atoms with Crippen LogP contribution in [0.1, 0.15) is 0 Å². The van der Waals surface area contributed by atoms with E-state index in [9.17, 15) is 3.89 Å². The van der Waals surface area contributed by atoms with E-state index in [-0.39, 0.29) is 0 Å². The zero-order valence-electron chi connectivity index (χ0n) is 3.22. The smallest absolute Gasteiger partial charge is 0.239 e. The Bertz CT molecular complexity index is 73.2. The van der Waals surface area contributed by atoms with Crippen LogP contribution in [0.4, 0.5) is 3.89 Å². The molecule has 0 fully saturated rings. The SMILES string of the molecule is F[S+]1C=NCC1. The lowest BCUT2D eigenvalue weighted by atomic mass is 10.8. The Morgan fingerprint density at radius 1 is 1.83 bits per heavy atom. The van der Waals surface area contributed by atoms with E-state index < -0.39 is 11.3 Å². The first-order chi connectivity index (χ1) is 2.89. The van der Waals surface area contributed by atoms with E-state index in [1.165, 1.54) is 5.55 Å². The highest BCUT2D eigenvalue weighted by molar-refractivity contribution is 8.05. The molecule has 0 radical (unpaired) electrons. The first-order valence-corrected chi connectivity index (χ1v) is 3.11. The highest BCUT2D eigenvalue weighted by Gasteiger charge is 2.19. The molecule has 0 aromatic rings. The van der Waals surface area contributed by atoms with Crippen molar-refractivity contribution in [2.45, 2.75) is 0 Å². The Morgan fingerprint density at radius 3 is 2.83 bits per heavy atom. The average Bonchev–Trinajstić information content (AvgIpc) is 1.86. The van der Waals surface area contributed by atoms with Gasteiger partial charge in [-0.1, -0.05) is 0 Å². The molecule has 0 amide bonds. The molecule has 0 spiro atoms. The molecule has 1 aliphatic rings. The van der Waals surface area contributed by atoms with Crippen LogP contribution in [0.5, 0.6) is 0 Å². The second-order valence-corrected chi connectivity index (χ2v) is 2.43. The summed E-state index contributed by atoms with van der Waals surface area (Å²) >= 11 is -0.965. The van der Waals surface area contributed by atoms with E-state index in [1.54, 1.807) is 0 Å². The lowest BCUT2D eigenvalue weighted by molar-refractivity contribution is 0.920. The molecule has 0 saturated heterocycles. The van der Waals surface area contributed by atoms with Crippen LogP contribution in [-0.4, -0.2) is 17.8 Å². The van der Waals surface area contributed by atoms with Crippen LogP contribution in [-0.2, 0) is 11.3 Å². The second-order valence-electron chi connectivity index (χ2n) is 1.08. The zero-order valence-corrected chi connectivity index (χ0v) is 4.04. The zero-order chi connectivity index (χ0) is 4.41. The maximum absolute atomic E-state index is 11.8. The Kier molecular flexibility index (Phi) is 1.10. The van der Waals surface area contributed by atoms with Gasteiger partial charge in [0.15, 0.2) is 5.75 Å². The fourth-order valence-corrected chi connectivity index (χ4v) is 0.979. The van der Waals surface area contributed by atoms with Gasteiger partial charge in [-0.3, -0.25) is 0 Å². The van der Waals surface area contributed by atoms with Gasteiger partial charge in [-0.25, -0.2) is 4.99 Å². The molecule has 6 heavy (non-hydrogen) atoms. The predicted octanol–water partition coefficient (Wildman–Crippen LogP) is 0.531. The second kappa shape index (κ2) is 1.60. The highest BCUT2D eigenvalue weighted by Crippen LogP contribution is 1.99. The van der Waals surface area contributed by atoms with E-state index in [0.29, 0.717) is 12.3 Å². The molecule has 34 valence electrons. The Balaban J connectivity index is 2.38. The van der Waals surface area contributed by atoms with Crippen molar-refractivity contribution in [3.8, 4) is 0 Å². The monoisotopic (exact) mass is 106 g/mol. The third-order valence-electron chi connectivity index (χ3n) is 0.604. The molecule has 1 atom stereocenters. The van der Waals surface area contributed by atoms with Gasteiger partial charge in [0.2, 0.25) is 5.55 Å². The van der Waals surface area contributed by atoms with Gasteiger partial charge in [0.1, 0.15) is 0 Å². The van der Waals surface area contributed by atoms with Gasteiger partial charge < -0.3 is 0 Å². The minimum Gasteiger partial charge on any atom is -0.239 e. The van der Waals surface area contributed by atoms with Gasteiger partial charge in [0.05, 0.1) is 6.54 Å². The molecule has 1 aliphatic heterocycles. The first-order valence-electron chi connectivity index (χ1n) is 1.75. The van der Waals surface area contributed by atoms with Gasteiger partial charge in [-0.2, -0.15) is 0 Å². The predicted molar refractivity (Wildman–Crippen MR) is 26.7 cm³/mol. The summed E-state index contributed by atoms with van der Waals surface area (Å²) in [5, 5.41) is 0. The third-order valence-corrected chi connectivity index (χ3v) is 1.55. The number of nitrogens with zero attached hydrogens (tertiary/aromatic N) is 1. The Hall–Kier alpha value is -0.0500. The van der Waals surface area contributed by atoms with Crippen LogP contribution in [0.25, 0.3) is 0 Å². The molecule has 0 aromatic heterocycles. The number of halogens is 1. The molecule has 0 bridgehead atoms. The minimum atomic E-state index is -0.965. The number of hydrogen-bond donors (Lipinski definition) is 0. The van der Waals surface area contributed by atoms with Crippen molar-refractivity contribution < 1.29 is 3.89 Å². The van der Waals surface area contributed by atoms with Gasteiger partial charge in [-0.05, 0) is 0 Å². The number of rotatable bonds is 0. The molecule has 0 N–H and O–H groups in total. The first kappa shape index (κ1) is 4.12. The standard InChI is InChI=1S/C3H5FNS/c4-6-2-1-5-3-6/h3H,1-2H2/q+1. The quantitative estimate of drug-likeness (QED) is 0.399. The summed E-state index contributed by atoms with van der Waals surface area (Å²) in [6, 6.07) is 0. The van der Waals surface area contributed by atoms with Crippen molar-refractivity contribution in [3.63, 3.8) is 0 Å². The highest BCUT2D eigenvalue weighted by atomic mass is 32.2. The molecule has 0 aliphatic carbocycles. The van der Waals surface area contributed by atoms with Crippen LogP contribution >= 0.6 is 0 Å². The summed E-state index contributed by atoms with van der Waals surface area (Å²) in [5.41, 5.74) is 1.39. The summed E-state index contributed by atoms with van der Waals surface area (Å²) in [7, 11) is 0. The van der Waals surface area contributed by atoms with E-state index >= 15 is 0 Å². The van der Waals surface area contributed by atoms with Gasteiger partial charge in [0, 0.05) is 3.89 Å². The molecular formula is C3H5FNS+. The van der Waals surface area contributed by atoms with Crippen LogP contribution in [0.15, 0.2) is 4.99 Å². The van der Waals surface area contributed by atoms with Crippen molar-refractivity contribution >= 4 is 16.8 Å². The van der Waals surface area contributed by atoms with Gasteiger partial charge in [0.25, 0.3) is 11.3 Å². The normalized spacial score (nSPS) is 31.8. The van der Waals surface area contributed by atoms with Crippen molar-refractivity contribution in [3.05, 3.63) is 0 Å². The fraction of sp³-hybridized carbons (Fsp3) is 0.667. The molecule has 1 heterocycles. The summed E-state index contributed by atoms with van der Waals surface area (Å²) in [6.45, 7) is 0.694. The average molecular weight is 106 g/mol. The van der Waals surface area contributed by atoms with Crippen molar-refractivity contribution in [2.75, 3.05) is 12.3 Å². The molecular weight excluding hydrogens is 101 g/mol. The van der Waals surface area contributed by atoms with E-state index in [4.69, 9.17) is 0 Å². The summed E-state index contributed by atoms with van der Waals surface area (Å²) in [5.74, 6) is 0.625. The Labute approximate surface area is 38.9 Å². The largest absolute Gasteiger partial charge is 0.257 e. The molecule has 1 rings (SSSR count). The fourth-order valence-electron chi connectivity index (χ4n) is 0.326. The van der Waals surface area contributed by atoms with Crippen molar-refractivity contribution in [1.82, 2.24) is 0 Å². The molecule has 0 aromatic carbocycles. The lowest BCUT2D eigenvalue weighted by Gasteiger charge is -1.66. The Morgan fingerprint density at radius 2 is 2.67 bits per heavy atom. The van der Waals surface area contributed by atoms with E-state index in [2.05, 4.69) is 4.99 Å². The van der Waals surface area contributed by atoms with Gasteiger partial charge in [-0.15, -0.1) is 0 Å². The van der Waals surface area contributed by atoms with Crippen LogP contribution in [0.3, 0.4) is 0 Å². The summed E-state index contributed by atoms with van der Waals surface area (Å²) in [6.07, 6.45) is 0. The summed E-state index contributed by atoms with van der Waals surface area (Å²) < 4.78 is 11.8. The molecule has 0 saturated carbocycles. The van der Waals surface area contributed by atoms with Crippen LogP contribution < -0.4 is 0 Å². The minimum absolute atomic E-state index is 0.625. The lowest BCUT2D eigenvalue weighted by Crippen LogP contribution is -1.92.